The van der Waals surface area contributed by atoms with E-state index in [9.17, 15) is 15.0 Å². The standard InChI is InChI=1S/C22H31NO4S/c1-4-6-8-15(3)18(24)11-10-16-17-13-20(28-12-7-9-21(26)27)23-22(17,5-2)14-19(16)25/h5,10-11,15-19,24-25H,2,7-9,12-14H2,1,3H3,(H,26,27). The summed E-state index contributed by atoms with van der Waals surface area (Å²) in [5, 5.41) is 30.7. The summed E-state index contributed by atoms with van der Waals surface area (Å²) in [6.45, 7) is 7.71. The van der Waals surface area contributed by atoms with E-state index in [2.05, 4.69) is 18.4 Å². The van der Waals surface area contributed by atoms with Crippen LogP contribution in [-0.2, 0) is 4.79 Å². The topological polar surface area (TPSA) is 90.1 Å². The Hall–Kier alpha value is -1.55. The van der Waals surface area contributed by atoms with E-state index in [1.807, 2.05) is 19.1 Å². The van der Waals surface area contributed by atoms with Gasteiger partial charge in [-0.05, 0) is 25.0 Å². The maximum atomic E-state index is 10.6. The first-order valence-corrected chi connectivity index (χ1v) is 10.8. The monoisotopic (exact) mass is 405 g/mol. The number of aliphatic hydroxyl groups excluding tert-OH is 2. The van der Waals surface area contributed by atoms with Crippen molar-refractivity contribution < 1.29 is 20.1 Å². The minimum atomic E-state index is -0.778. The van der Waals surface area contributed by atoms with Crippen LogP contribution in [0.15, 0.2) is 29.8 Å². The molecule has 1 aliphatic heterocycles. The summed E-state index contributed by atoms with van der Waals surface area (Å²) in [7, 11) is 0. The summed E-state index contributed by atoms with van der Waals surface area (Å²) in [5.74, 6) is 5.85. The quantitative estimate of drug-likeness (QED) is 0.311. The molecule has 2 rings (SSSR count). The summed E-state index contributed by atoms with van der Waals surface area (Å²) in [6.07, 6.45) is 7.15. The zero-order valence-corrected chi connectivity index (χ0v) is 17.5. The van der Waals surface area contributed by atoms with E-state index in [1.54, 1.807) is 24.8 Å². The summed E-state index contributed by atoms with van der Waals surface area (Å²) >= 11 is 1.61. The second-order valence-corrected chi connectivity index (χ2v) is 8.86. The average Bonchev–Trinajstić information content (AvgIpc) is 3.13. The van der Waals surface area contributed by atoms with Crippen molar-refractivity contribution in [3.05, 3.63) is 24.8 Å². The third kappa shape index (κ3) is 5.50. The van der Waals surface area contributed by atoms with Crippen LogP contribution in [0.4, 0.5) is 0 Å². The number of fused-ring (bicyclic) bond motifs is 1. The molecule has 0 aromatic carbocycles. The zero-order valence-electron chi connectivity index (χ0n) is 16.7. The first kappa shape index (κ1) is 22.7. The number of carboxylic acid groups (broad SMARTS) is 1. The number of hydrogen-bond donors (Lipinski definition) is 3. The van der Waals surface area contributed by atoms with Gasteiger partial charge >= 0.3 is 5.97 Å². The molecule has 6 heteroatoms. The second-order valence-electron chi connectivity index (χ2n) is 7.69. The van der Waals surface area contributed by atoms with Gasteiger partial charge in [-0.3, -0.25) is 9.79 Å². The molecule has 6 unspecified atom stereocenters. The van der Waals surface area contributed by atoms with E-state index < -0.39 is 23.7 Å². The molecule has 0 bridgehead atoms. The summed E-state index contributed by atoms with van der Waals surface area (Å²) < 4.78 is 0. The van der Waals surface area contributed by atoms with Gasteiger partial charge in [0.05, 0.1) is 22.8 Å². The summed E-state index contributed by atoms with van der Waals surface area (Å²) in [4.78, 5) is 15.5. The van der Waals surface area contributed by atoms with Gasteiger partial charge < -0.3 is 15.3 Å². The van der Waals surface area contributed by atoms with Crippen molar-refractivity contribution in [1.82, 2.24) is 0 Å². The van der Waals surface area contributed by atoms with Crippen LogP contribution < -0.4 is 0 Å². The number of carbonyl (C=O) groups is 1. The fourth-order valence-corrected chi connectivity index (χ4v) is 5.05. The Balaban J connectivity index is 2.01. The number of nitrogens with zero attached hydrogens (tertiary/aromatic N) is 1. The average molecular weight is 406 g/mol. The van der Waals surface area contributed by atoms with Gasteiger partial charge in [0.25, 0.3) is 0 Å². The van der Waals surface area contributed by atoms with Gasteiger partial charge in [0.15, 0.2) is 0 Å². The molecule has 0 saturated heterocycles. The first-order valence-electron chi connectivity index (χ1n) is 9.84. The molecule has 3 N–H and O–H groups in total. The molecule has 0 spiro atoms. The maximum absolute atomic E-state index is 10.6. The van der Waals surface area contributed by atoms with Gasteiger partial charge in [-0.15, -0.1) is 30.2 Å². The number of hydrogen-bond acceptors (Lipinski definition) is 5. The normalized spacial score (nSPS) is 31.0. The minimum absolute atomic E-state index is 0.0339. The van der Waals surface area contributed by atoms with Gasteiger partial charge in [-0.1, -0.05) is 25.2 Å². The van der Waals surface area contributed by atoms with E-state index in [4.69, 9.17) is 10.1 Å². The Morgan fingerprint density at radius 3 is 2.93 bits per heavy atom. The zero-order chi connectivity index (χ0) is 20.7. The molecular formula is C22H31NO4S. The van der Waals surface area contributed by atoms with Crippen LogP contribution in [-0.4, -0.2) is 49.8 Å². The van der Waals surface area contributed by atoms with Gasteiger partial charge in [-0.2, -0.15) is 0 Å². The highest BCUT2D eigenvalue weighted by atomic mass is 32.2. The molecule has 5 nitrogen and oxygen atoms in total. The Labute approximate surface area is 172 Å². The van der Waals surface area contributed by atoms with E-state index >= 15 is 0 Å². The molecule has 1 saturated carbocycles. The molecule has 0 aromatic heterocycles. The lowest BCUT2D eigenvalue weighted by Gasteiger charge is -2.24. The van der Waals surface area contributed by atoms with Crippen molar-refractivity contribution in [2.45, 2.75) is 63.7 Å². The highest BCUT2D eigenvalue weighted by molar-refractivity contribution is 8.13. The lowest BCUT2D eigenvalue weighted by Crippen LogP contribution is -2.26. The van der Waals surface area contributed by atoms with Gasteiger partial charge in [-0.25, -0.2) is 0 Å². The molecule has 154 valence electrons. The van der Waals surface area contributed by atoms with Gasteiger partial charge in [0.1, 0.15) is 0 Å². The van der Waals surface area contributed by atoms with Crippen LogP contribution in [0.2, 0.25) is 0 Å². The number of carboxylic acids is 1. The number of thioether (sulfide) groups is 1. The van der Waals surface area contributed by atoms with E-state index in [-0.39, 0.29) is 24.2 Å². The number of aliphatic hydroxyl groups is 2. The SMILES string of the molecule is C=CC12CC(O)C(C=CC(O)C(C)CC#CC)C1CC(SCCCC(=O)O)=N2. The Bertz CT molecular complexity index is 692. The number of aliphatic imine (C=N–C) groups is 1. The summed E-state index contributed by atoms with van der Waals surface area (Å²) in [5.41, 5.74) is -0.464. The fourth-order valence-electron chi connectivity index (χ4n) is 3.99. The van der Waals surface area contributed by atoms with Gasteiger partial charge in [0, 0.05) is 37.5 Å². The molecule has 0 aromatic rings. The Kier molecular flexibility index (Phi) is 8.36. The largest absolute Gasteiger partial charge is 0.481 e. The van der Waals surface area contributed by atoms with Crippen LogP contribution in [0, 0.1) is 29.6 Å². The van der Waals surface area contributed by atoms with Crippen LogP contribution in [0.1, 0.15) is 46.0 Å². The van der Waals surface area contributed by atoms with Crippen molar-refractivity contribution in [3.63, 3.8) is 0 Å². The van der Waals surface area contributed by atoms with Gasteiger partial charge in [0.2, 0.25) is 0 Å². The number of aliphatic carboxylic acids is 1. The predicted octanol–water partition coefficient (Wildman–Crippen LogP) is 3.28. The van der Waals surface area contributed by atoms with Crippen molar-refractivity contribution in [1.29, 1.82) is 0 Å². The molecule has 2 aliphatic rings. The predicted molar refractivity (Wildman–Crippen MR) is 114 cm³/mol. The van der Waals surface area contributed by atoms with Crippen LogP contribution >= 0.6 is 11.8 Å². The molecule has 1 fully saturated rings. The van der Waals surface area contributed by atoms with E-state index in [0.29, 0.717) is 19.3 Å². The van der Waals surface area contributed by atoms with Crippen molar-refractivity contribution in [2.75, 3.05) is 5.75 Å². The highest BCUT2D eigenvalue weighted by Crippen LogP contribution is 2.51. The third-order valence-corrected chi connectivity index (χ3v) is 6.77. The van der Waals surface area contributed by atoms with E-state index in [0.717, 1.165) is 17.2 Å². The Morgan fingerprint density at radius 2 is 2.29 bits per heavy atom. The van der Waals surface area contributed by atoms with Crippen LogP contribution in [0.5, 0.6) is 0 Å². The smallest absolute Gasteiger partial charge is 0.303 e. The van der Waals surface area contributed by atoms with Crippen molar-refractivity contribution in [3.8, 4) is 11.8 Å². The molecular weight excluding hydrogens is 374 g/mol. The molecule has 28 heavy (non-hydrogen) atoms. The lowest BCUT2D eigenvalue weighted by molar-refractivity contribution is -0.137. The minimum Gasteiger partial charge on any atom is -0.481 e. The molecule has 0 amide bonds. The Morgan fingerprint density at radius 1 is 1.54 bits per heavy atom. The summed E-state index contributed by atoms with van der Waals surface area (Å²) in [6, 6.07) is 0. The fraction of sp³-hybridized carbons (Fsp3) is 0.636. The molecule has 1 aliphatic carbocycles. The molecule has 6 atom stereocenters. The molecule has 0 radical (unpaired) electrons. The maximum Gasteiger partial charge on any atom is 0.303 e. The van der Waals surface area contributed by atoms with Crippen molar-refractivity contribution in [2.24, 2.45) is 22.7 Å². The van der Waals surface area contributed by atoms with Crippen LogP contribution in [0.25, 0.3) is 0 Å². The van der Waals surface area contributed by atoms with Crippen LogP contribution in [0.3, 0.4) is 0 Å². The lowest BCUT2D eigenvalue weighted by atomic mass is 9.83. The van der Waals surface area contributed by atoms with Crippen molar-refractivity contribution >= 4 is 22.8 Å². The third-order valence-electron chi connectivity index (χ3n) is 5.69. The van der Waals surface area contributed by atoms with E-state index in [1.165, 1.54) is 0 Å². The second kappa shape index (κ2) is 10.3. The highest BCUT2D eigenvalue weighted by Gasteiger charge is 2.54. The first-order chi connectivity index (χ1) is 13.3. The number of rotatable bonds is 9. The molecule has 1 heterocycles.